The Kier molecular flexibility index (Phi) is 6.10. The van der Waals surface area contributed by atoms with Crippen molar-refractivity contribution < 1.29 is 19.4 Å². The molecule has 6 heteroatoms. The van der Waals surface area contributed by atoms with E-state index in [0.29, 0.717) is 18.0 Å². The Morgan fingerprint density at radius 1 is 1.14 bits per heavy atom. The number of carbonyl (C=O) groups excluding carboxylic acids is 1. The maximum absolute atomic E-state index is 13.3. The number of amides is 1. The predicted molar refractivity (Wildman–Crippen MR) is 107 cm³/mol. The maximum Gasteiger partial charge on any atom is 0.254 e. The maximum atomic E-state index is 13.3. The van der Waals surface area contributed by atoms with Crippen LogP contribution in [0.15, 0.2) is 42.2 Å². The van der Waals surface area contributed by atoms with Crippen LogP contribution in [-0.2, 0) is 9.53 Å². The van der Waals surface area contributed by atoms with Crippen molar-refractivity contribution in [2.75, 3.05) is 52.5 Å². The zero-order chi connectivity index (χ0) is 19.3. The van der Waals surface area contributed by atoms with Gasteiger partial charge in [-0.3, -0.25) is 9.69 Å². The Morgan fingerprint density at radius 2 is 1.93 bits per heavy atom. The first-order valence-electron chi connectivity index (χ1n) is 10.1. The van der Waals surface area contributed by atoms with Crippen molar-refractivity contribution in [1.82, 2.24) is 9.80 Å². The van der Waals surface area contributed by atoms with Crippen LogP contribution in [0.25, 0.3) is 6.08 Å². The minimum atomic E-state index is 0.00156. The Balaban J connectivity index is 1.48. The van der Waals surface area contributed by atoms with Crippen molar-refractivity contribution in [3.8, 4) is 5.75 Å². The van der Waals surface area contributed by atoms with Gasteiger partial charge in [-0.1, -0.05) is 18.2 Å². The van der Waals surface area contributed by atoms with Gasteiger partial charge in [-0.25, -0.2) is 0 Å². The van der Waals surface area contributed by atoms with E-state index >= 15 is 0 Å². The van der Waals surface area contributed by atoms with Gasteiger partial charge in [0.25, 0.3) is 5.91 Å². The Labute approximate surface area is 166 Å². The quantitative estimate of drug-likeness (QED) is 0.857. The van der Waals surface area contributed by atoms with E-state index in [4.69, 9.17) is 9.47 Å². The highest BCUT2D eigenvalue weighted by Gasteiger charge is 2.32. The molecular weight excluding hydrogens is 356 g/mol. The molecule has 0 aliphatic carbocycles. The van der Waals surface area contributed by atoms with E-state index in [1.807, 2.05) is 35.2 Å². The third-order valence-corrected chi connectivity index (χ3v) is 5.71. The van der Waals surface area contributed by atoms with Crippen molar-refractivity contribution in [3.63, 3.8) is 0 Å². The van der Waals surface area contributed by atoms with Gasteiger partial charge in [0.1, 0.15) is 5.75 Å². The molecule has 0 radical (unpaired) electrons. The van der Waals surface area contributed by atoms with Crippen molar-refractivity contribution in [2.45, 2.75) is 6.42 Å². The van der Waals surface area contributed by atoms with Crippen LogP contribution in [0.5, 0.6) is 5.75 Å². The summed E-state index contributed by atoms with van der Waals surface area (Å²) in [6.45, 7) is 5.82. The van der Waals surface area contributed by atoms with Gasteiger partial charge >= 0.3 is 0 Å². The molecule has 6 nitrogen and oxygen atoms in total. The molecule has 3 heterocycles. The molecule has 0 spiro atoms. The zero-order valence-electron chi connectivity index (χ0n) is 16.1. The lowest BCUT2D eigenvalue weighted by molar-refractivity contribution is -0.130. The van der Waals surface area contributed by atoms with Crippen LogP contribution in [0.1, 0.15) is 12.0 Å². The molecule has 0 unspecified atom stereocenters. The van der Waals surface area contributed by atoms with Gasteiger partial charge in [-0.15, -0.1) is 0 Å². The summed E-state index contributed by atoms with van der Waals surface area (Å²) in [5.41, 5.74) is 1.52. The summed E-state index contributed by atoms with van der Waals surface area (Å²) in [7, 11) is 0. The number of aliphatic hydroxyl groups excluding tert-OH is 1. The smallest absolute Gasteiger partial charge is 0.254 e. The number of carbonyl (C=O) groups is 1. The summed E-state index contributed by atoms with van der Waals surface area (Å²) in [5, 5.41) is 9.78. The minimum absolute atomic E-state index is 0.00156. The van der Waals surface area contributed by atoms with E-state index in [9.17, 15) is 9.90 Å². The van der Waals surface area contributed by atoms with E-state index in [-0.39, 0.29) is 18.4 Å². The summed E-state index contributed by atoms with van der Waals surface area (Å²) < 4.78 is 11.1. The van der Waals surface area contributed by atoms with Gasteiger partial charge in [-0.2, -0.15) is 0 Å². The van der Waals surface area contributed by atoms with Crippen molar-refractivity contribution in [1.29, 1.82) is 0 Å². The second-order valence-electron chi connectivity index (χ2n) is 7.83. The molecule has 1 N–H and O–H groups in total. The van der Waals surface area contributed by atoms with Crippen LogP contribution in [0.2, 0.25) is 0 Å². The summed E-state index contributed by atoms with van der Waals surface area (Å²) in [6, 6.07) is 7.70. The molecule has 3 aliphatic heterocycles. The number of aliphatic hydroxyl groups is 1. The molecule has 1 aromatic rings. The first-order valence-corrected chi connectivity index (χ1v) is 10.1. The topological polar surface area (TPSA) is 62.2 Å². The number of likely N-dealkylation sites (tertiary alicyclic amines) is 1. The highest BCUT2D eigenvalue weighted by molar-refractivity contribution is 6.01. The van der Waals surface area contributed by atoms with Gasteiger partial charge in [0.05, 0.1) is 19.5 Å². The summed E-state index contributed by atoms with van der Waals surface area (Å²) in [5.74, 6) is 1.25. The third-order valence-electron chi connectivity index (χ3n) is 5.71. The molecule has 28 heavy (non-hydrogen) atoms. The minimum Gasteiger partial charge on any atom is -0.464 e. The van der Waals surface area contributed by atoms with E-state index in [1.54, 1.807) is 12.3 Å². The number of hydrogen-bond donors (Lipinski definition) is 1. The van der Waals surface area contributed by atoms with Crippen LogP contribution >= 0.6 is 0 Å². The normalized spacial score (nSPS) is 25.5. The summed E-state index contributed by atoms with van der Waals surface area (Å²) in [6.07, 6.45) is 6.16. The Morgan fingerprint density at radius 3 is 2.75 bits per heavy atom. The largest absolute Gasteiger partial charge is 0.464 e. The second kappa shape index (κ2) is 8.90. The monoisotopic (exact) mass is 384 g/mol. The molecule has 0 bridgehead atoms. The van der Waals surface area contributed by atoms with Crippen molar-refractivity contribution in [3.05, 3.63) is 47.7 Å². The molecular formula is C22H28N2O4. The zero-order valence-corrected chi connectivity index (χ0v) is 16.1. The van der Waals surface area contributed by atoms with Crippen LogP contribution in [-0.4, -0.2) is 73.4 Å². The molecule has 0 saturated carbocycles. The van der Waals surface area contributed by atoms with Crippen molar-refractivity contribution in [2.24, 2.45) is 11.8 Å². The Hall–Kier alpha value is -2.15. The number of rotatable bonds is 4. The van der Waals surface area contributed by atoms with Gasteiger partial charge in [0.15, 0.2) is 0 Å². The van der Waals surface area contributed by atoms with E-state index in [0.717, 1.165) is 57.1 Å². The van der Waals surface area contributed by atoms with Crippen molar-refractivity contribution >= 4 is 12.0 Å². The standard InChI is InChI=1S/C22H28N2O4/c25-16-18-11-17(13-23-6-9-27-10-7-23)14-24(15-18)22(26)20-5-8-28-21-4-2-1-3-19(21)12-20/h1-5,8,12,17-18,25H,6-7,9-11,13-16H2/t17-,18+/m1/s1. The van der Waals surface area contributed by atoms with Crippen LogP contribution < -0.4 is 4.74 Å². The number of benzene rings is 1. The first-order chi connectivity index (χ1) is 13.7. The SMILES string of the molecule is O=C(C1=Cc2ccccc2OC=C1)N1C[C@@H](CN2CCOCC2)C[C@H](CO)C1. The molecule has 0 aromatic heterocycles. The van der Waals surface area contributed by atoms with Gasteiger partial charge in [-0.05, 0) is 36.5 Å². The lowest BCUT2D eigenvalue weighted by Crippen LogP contribution is -2.49. The fraction of sp³-hybridized carbons (Fsp3) is 0.500. The van der Waals surface area contributed by atoms with Crippen LogP contribution in [0.3, 0.4) is 0 Å². The molecule has 2 saturated heterocycles. The number of hydrogen-bond acceptors (Lipinski definition) is 5. The number of para-hydroxylation sites is 1. The average Bonchev–Trinajstić information content (AvgIpc) is 2.96. The number of piperidine rings is 1. The number of ether oxygens (including phenoxy) is 2. The molecule has 1 amide bonds. The Bertz CT molecular complexity index is 755. The number of nitrogens with zero attached hydrogens (tertiary/aromatic N) is 2. The number of fused-ring (bicyclic) bond motifs is 1. The second-order valence-corrected chi connectivity index (χ2v) is 7.83. The molecule has 1 aromatic carbocycles. The lowest BCUT2D eigenvalue weighted by Gasteiger charge is -2.40. The van der Waals surface area contributed by atoms with Gasteiger partial charge < -0.3 is 19.5 Å². The molecule has 2 atom stereocenters. The predicted octanol–water partition coefficient (Wildman–Crippen LogP) is 1.77. The van der Waals surface area contributed by atoms with Crippen LogP contribution in [0.4, 0.5) is 0 Å². The molecule has 3 aliphatic rings. The molecule has 4 rings (SSSR count). The van der Waals surface area contributed by atoms with Gasteiger partial charge in [0.2, 0.25) is 0 Å². The lowest BCUT2D eigenvalue weighted by atomic mass is 9.88. The number of morpholine rings is 1. The fourth-order valence-corrected chi connectivity index (χ4v) is 4.32. The fourth-order valence-electron chi connectivity index (χ4n) is 4.32. The van der Waals surface area contributed by atoms with E-state index < -0.39 is 0 Å². The van der Waals surface area contributed by atoms with Gasteiger partial charge in [0, 0.05) is 50.5 Å². The third kappa shape index (κ3) is 4.46. The molecule has 150 valence electrons. The highest BCUT2D eigenvalue weighted by Crippen LogP contribution is 2.28. The highest BCUT2D eigenvalue weighted by atomic mass is 16.5. The van der Waals surface area contributed by atoms with E-state index in [2.05, 4.69) is 4.90 Å². The first kappa shape index (κ1) is 19.2. The summed E-state index contributed by atoms with van der Waals surface area (Å²) >= 11 is 0. The van der Waals surface area contributed by atoms with Crippen LogP contribution in [0, 0.1) is 11.8 Å². The average molecular weight is 384 g/mol. The molecule has 2 fully saturated rings. The summed E-state index contributed by atoms with van der Waals surface area (Å²) in [4.78, 5) is 17.6. The van der Waals surface area contributed by atoms with E-state index in [1.165, 1.54) is 0 Å².